The molecule has 1 atom stereocenters. The molecule has 1 heterocycles. The molecule has 0 bridgehead atoms. The summed E-state index contributed by atoms with van der Waals surface area (Å²) in [6.45, 7) is 0. The predicted octanol–water partition coefficient (Wildman–Crippen LogP) is 0.684. The first kappa shape index (κ1) is 8.89. The molecule has 4 nitrogen and oxygen atoms in total. The van der Waals surface area contributed by atoms with Crippen LogP contribution in [0.25, 0.3) is 0 Å². The average Bonchev–Trinajstić information content (AvgIpc) is 2.51. The normalized spacial score (nSPS) is 19.9. The van der Waals surface area contributed by atoms with Gasteiger partial charge in [-0.05, 0) is 12.1 Å². The van der Waals surface area contributed by atoms with Crippen molar-refractivity contribution in [2.45, 2.75) is 0 Å². The van der Waals surface area contributed by atoms with Crippen LogP contribution in [0, 0.1) is 18.7 Å². The molecule has 0 amide bonds. The fourth-order valence-electron chi connectivity index (χ4n) is 1.09. The van der Waals surface area contributed by atoms with E-state index >= 15 is 0 Å². The molecule has 1 aliphatic rings. The molecule has 1 N–H and O–H groups in total. The van der Waals surface area contributed by atoms with Gasteiger partial charge in [0.15, 0.2) is 0 Å². The summed E-state index contributed by atoms with van der Waals surface area (Å²) in [6, 6.07) is 3.55. The van der Waals surface area contributed by atoms with Crippen LogP contribution in [-0.2, 0) is 0 Å². The van der Waals surface area contributed by atoms with Gasteiger partial charge < -0.3 is 0 Å². The number of halogens is 2. The van der Waals surface area contributed by atoms with E-state index in [2.05, 4.69) is 22.5 Å². The van der Waals surface area contributed by atoms with Gasteiger partial charge in [-0.15, -0.1) is 0 Å². The lowest BCUT2D eigenvalue weighted by atomic mass is 10.2. The largest absolute Gasteiger partial charge is 0.247 e. The van der Waals surface area contributed by atoms with Crippen molar-refractivity contribution >= 4 is 5.84 Å². The molecule has 0 spiro atoms. The van der Waals surface area contributed by atoms with Crippen LogP contribution < -0.4 is 5.12 Å². The summed E-state index contributed by atoms with van der Waals surface area (Å²) >= 11 is 0. The van der Waals surface area contributed by atoms with Crippen LogP contribution in [-0.4, -0.2) is 5.84 Å². The van der Waals surface area contributed by atoms with Crippen LogP contribution in [0.1, 0.15) is 5.56 Å². The third-order valence-corrected chi connectivity index (χ3v) is 1.68. The SMILES string of the molecule is [CH2-][NH+]1N=NC(c2c(F)cccc2F)=N1. The van der Waals surface area contributed by atoms with Gasteiger partial charge in [0.25, 0.3) is 0 Å². The molecule has 0 aromatic heterocycles. The molecule has 1 aromatic rings. The molecule has 1 unspecified atom stereocenters. The van der Waals surface area contributed by atoms with E-state index in [4.69, 9.17) is 0 Å². The zero-order valence-electron chi connectivity index (χ0n) is 7.04. The fourth-order valence-corrected chi connectivity index (χ4v) is 1.09. The van der Waals surface area contributed by atoms with E-state index in [0.29, 0.717) is 0 Å². The molecule has 0 aliphatic carbocycles. The number of hydrogen-bond donors (Lipinski definition) is 1. The Kier molecular flexibility index (Phi) is 2.05. The van der Waals surface area contributed by atoms with Gasteiger partial charge in [0, 0.05) is 5.22 Å². The van der Waals surface area contributed by atoms with Crippen LogP contribution in [0.5, 0.6) is 0 Å². The maximum atomic E-state index is 13.2. The Bertz CT molecular complexity index is 407. The van der Waals surface area contributed by atoms with Gasteiger partial charge in [-0.3, -0.25) is 0 Å². The first-order valence-electron chi connectivity index (χ1n) is 3.82. The second-order valence-corrected chi connectivity index (χ2v) is 2.65. The van der Waals surface area contributed by atoms with Crippen LogP contribution in [0.15, 0.2) is 33.6 Å². The molecule has 2 rings (SSSR count). The minimum atomic E-state index is -0.711. The Morgan fingerprint density at radius 2 is 1.86 bits per heavy atom. The first-order chi connectivity index (χ1) is 6.68. The van der Waals surface area contributed by atoms with E-state index in [1.54, 1.807) is 0 Å². The summed E-state index contributed by atoms with van der Waals surface area (Å²) in [5, 5.41) is 10.8. The molecule has 0 saturated heterocycles. The quantitative estimate of drug-likeness (QED) is 0.642. The number of rotatable bonds is 1. The van der Waals surface area contributed by atoms with E-state index in [0.717, 1.165) is 12.1 Å². The Morgan fingerprint density at radius 3 is 2.36 bits per heavy atom. The van der Waals surface area contributed by atoms with Crippen LogP contribution in [0.2, 0.25) is 0 Å². The summed E-state index contributed by atoms with van der Waals surface area (Å²) < 4.78 is 26.4. The van der Waals surface area contributed by atoms with Crippen molar-refractivity contribution in [2.24, 2.45) is 15.4 Å². The standard InChI is InChI=1S/C8H6F2N4/c1-14-12-8(11-13-14)7-5(9)3-2-4-6(7)10/h2-4,14H,1H2. The minimum absolute atomic E-state index is 0.0781. The van der Waals surface area contributed by atoms with Crippen molar-refractivity contribution in [1.82, 2.24) is 0 Å². The fraction of sp³-hybridized carbons (Fsp3) is 0. The van der Waals surface area contributed by atoms with E-state index in [1.165, 1.54) is 6.07 Å². The Labute approximate surface area is 78.5 Å². The molecule has 14 heavy (non-hydrogen) atoms. The van der Waals surface area contributed by atoms with Gasteiger partial charge in [0.1, 0.15) is 11.6 Å². The number of nitrogens with zero attached hydrogens (tertiary/aromatic N) is 3. The van der Waals surface area contributed by atoms with E-state index in [-0.39, 0.29) is 16.5 Å². The molecule has 1 aromatic carbocycles. The average molecular weight is 196 g/mol. The lowest BCUT2D eigenvalue weighted by Crippen LogP contribution is -2.95. The van der Waals surface area contributed by atoms with Gasteiger partial charge in [-0.25, -0.2) is 8.78 Å². The summed E-state index contributed by atoms with van der Waals surface area (Å²) in [6.07, 6.45) is 0. The molecular formula is C8H6F2N4. The smallest absolute Gasteiger partial charge is 0.206 e. The van der Waals surface area contributed by atoms with Gasteiger partial charge >= 0.3 is 0 Å². The van der Waals surface area contributed by atoms with Gasteiger partial charge in [0.2, 0.25) is 5.84 Å². The highest BCUT2D eigenvalue weighted by molar-refractivity contribution is 5.99. The topological polar surface area (TPSA) is 41.5 Å². The summed E-state index contributed by atoms with van der Waals surface area (Å²) in [4.78, 5) is 0. The van der Waals surface area contributed by atoms with E-state index in [1.807, 2.05) is 0 Å². The van der Waals surface area contributed by atoms with Crippen molar-refractivity contribution in [3.8, 4) is 0 Å². The number of quaternary nitrogens is 1. The highest BCUT2D eigenvalue weighted by Crippen LogP contribution is 2.14. The molecular weight excluding hydrogens is 190 g/mol. The highest BCUT2D eigenvalue weighted by atomic mass is 19.1. The van der Waals surface area contributed by atoms with Gasteiger partial charge in [-0.2, -0.15) is 5.12 Å². The summed E-state index contributed by atoms with van der Waals surface area (Å²) in [7, 11) is 3.40. The maximum Gasteiger partial charge on any atom is 0.247 e. The van der Waals surface area contributed by atoms with Crippen LogP contribution >= 0.6 is 0 Å². The molecule has 1 aliphatic heterocycles. The molecule has 6 heteroatoms. The second-order valence-electron chi connectivity index (χ2n) is 2.65. The summed E-state index contributed by atoms with van der Waals surface area (Å²) in [5.74, 6) is -1.50. The predicted molar refractivity (Wildman–Crippen MR) is 44.1 cm³/mol. The van der Waals surface area contributed by atoms with Crippen LogP contribution in [0.4, 0.5) is 8.78 Å². The zero-order chi connectivity index (χ0) is 10.1. The first-order valence-corrected chi connectivity index (χ1v) is 3.82. The highest BCUT2D eigenvalue weighted by Gasteiger charge is 2.20. The number of hydrogen-bond acceptors (Lipinski definition) is 3. The Balaban J connectivity index is 2.52. The van der Waals surface area contributed by atoms with Crippen molar-refractivity contribution in [1.29, 1.82) is 0 Å². The van der Waals surface area contributed by atoms with Crippen molar-refractivity contribution in [3.63, 3.8) is 0 Å². The maximum absolute atomic E-state index is 13.2. The number of nitrogens with one attached hydrogen (secondary N) is 1. The second kappa shape index (κ2) is 3.22. The van der Waals surface area contributed by atoms with Crippen LogP contribution in [0.3, 0.4) is 0 Å². The lowest BCUT2D eigenvalue weighted by Gasteiger charge is -1.99. The van der Waals surface area contributed by atoms with E-state index < -0.39 is 11.6 Å². The Morgan fingerprint density at radius 1 is 1.21 bits per heavy atom. The zero-order valence-corrected chi connectivity index (χ0v) is 7.04. The van der Waals surface area contributed by atoms with Gasteiger partial charge in [0.05, 0.1) is 5.56 Å². The minimum Gasteiger partial charge on any atom is -0.206 e. The lowest BCUT2D eigenvalue weighted by molar-refractivity contribution is -0.868. The third-order valence-electron chi connectivity index (χ3n) is 1.68. The molecule has 72 valence electrons. The van der Waals surface area contributed by atoms with Crippen molar-refractivity contribution in [2.75, 3.05) is 0 Å². The van der Waals surface area contributed by atoms with Crippen molar-refractivity contribution in [3.05, 3.63) is 42.4 Å². The van der Waals surface area contributed by atoms with Gasteiger partial charge in [-0.1, -0.05) is 23.3 Å². The number of amidine groups is 1. The monoisotopic (exact) mass is 196 g/mol. The Hall–Kier alpha value is -1.69. The molecule has 0 fully saturated rings. The molecule has 0 radical (unpaired) electrons. The summed E-state index contributed by atoms with van der Waals surface area (Å²) in [5.41, 5.74) is -0.269. The number of benzene rings is 1. The van der Waals surface area contributed by atoms with Crippen molar-refractivity contribution < 1.29 is 13.9 Å². The molecule has 0 saturated carbocycles. The third kappa shape index (κ3) is 1.39. The van der Waals surface area contributed by atoms with E-state index in [9.17, 15) is 8.78 Å².